The van der Waals surface area contributed by atoms with Crippen molar-refractivity contribution >= 4 is 29.3 Å². The topological polar surface area (TPSA) is 53.1 Å². The van der Waals surface area contributed by atoms with Gasteiger partial charge in [0.1, 0.15) is 5.69 Å². The number of benzene rings is 1. The van der Waals surface area contributed by atoms with Crippen molar-refractivity contribution in [3.8, 4) is 11.3 Å². The van der Waals surface area contributed by atoms with Crippen molar-refractivity contribution in [1.82, 2.24) is 4.98 Å². The lowest BCUT2D eigenvalue weighted by Crippen LogP contribution is -1.95. The predicted molar refractivity (Wildman–Crippen MR) is 70.1 cm³/mol. The van der Waals surface area contributed by atoms with Crippen molar-refractivity contribution < 1.29 is 18.7 Å². The smallest absolute Gasteiger partial charge is 0.352 e. The van der Waals surface area contributed by atoms with Crippen molar-refractivity contribution in [2.75, 3.05) is 0 Å². The van der Waals surface area contributed by atoms with E-state index >= 15 is 0 Å². The van der Waals surface area contributed by atoms with Crippen molar-refractivity contribution in [3.63, 3.8) is 0 Å². The van der Waals surface area contributed by atoms with Gasteiger partial charge in [0.05, 0.1) is 5.69 Å². The maximum absolute atomic E-state index is 12.5. The molecule has 0 fully saturated rings. The molecule has 0 saturated carbocycles. The van der Waals surface area contributed by atoms with Crippen LogP contribution in [-0.2, 0) is 0 Å². The van der Waals surface area contributed by atoms with Crippen LogP contribution in [0.1, 0.15) is 10.5 Å². The molecule has 2 aromatic rings. The minimum absolute atomic E-state index is 0.131. The molecule has 0 spiro atoms. The van der Waals surface area contributed by atoms with Gasteiger partial charge < -0.3 is 10.1 Å². The number of carboxylic acid groups (broad SMARTS) is 1. The molecule has 0 saturated heterocycles. The van der Waals surface area contributed by atoms with Crippen LogP contribution in [0, 0.1) is 0 Å². The van der Waals surface area contributed by atoms with E-state index < -0.39 is 11.7 Å². The molecule has 0 unspecified atom stereocenters. The zero-order valence-corrected chi connectivity index (χ0v) is 10.9. The highest BCUT2D eigenvalue weighted by atomic mass is 35.5. The van der Waals surface area contributed by atoms with Gasteiger partial charge in [-0.3, -0.25) is 0 Å². The van der Waals surface area contributed by atoms with Crippen LogP contribution >= 0.6 is 23.4 Å². The van der Waals surface area contributed by atoms with Crippen molar-refractivity contribution in [1.29, 1.82) is 0 Å². The van der Waals surface area contributed by atoms with Gasteiger partial charge in [-0.1, -0.05) is 35.5 Å². The second kappa shape index (κ2) is 5.63. The Labute approximate surface area is 116 Å². The third kappa shape index (κ3) is 3.27. The number of nitrogens with one attached hydrogen (secondary N) is 1. The first-order valence-corrected chi connectivity index (χ1v) is 6.40. The van der Waals surface area contributed by atoms with Crippen molar-refractivity contribution in [2.45, 2.75) is 10.7 Å². The number of aromatic nitrogens is 1. The van der Waals surface area contributed by atoms with Gasteiger partial charge in [-0.2, -0.15) is 8.78 Å². The zero-order valence-electron chi connectivity index (χ0n) is 9.36. The highest BCUT2D eigenvalue weighted by Crippen LogP contribution is 2.35. The Kier molecular flexibility index (Phi) is 4.11. The number of thioether (sulfide) groups is 1. The number of hydrogen-bond acceptors (Lipinski definition) is 2. The largest absolute Gasteiger partial charge is 0.477 e. The minimum Gasteiger partial charge on any atom is -0.477 e. The highest BCUT2D eigenvalue weighted by Gasteiger charge is 2.17. The van der Waals surface area contributed by atoms with Crippen LogP contribution < -0.4 is 0 Å². The number of aromatic amines is 1. The van der Waals surface area contributed by atoms with Crippen LogP contribution in [0.25, 0.3) is 11.3 Å². The van der Waals surface area contributed by atoms with E-state index in [9.17, 15) is 13.6 Å². The number of hydrogen-bond donors (Lipinski definition) is 2. The van der Waals surface area contributed by atoms with Crippen LogP contribution in [0.4, 0.5) is 8.78 Å². The molecule has 2 rings (SSSR count). The molecule has 0 amide bonds. The summed E-state index contributed by atoms with van der Waals surface area (Å²) in [5, 5.41) is 9.41. The first-order valence-electron chi connectivity index (χ1n) is 5.14. The molecule has 1 aromatic heterocycles. The van der Waals surface area contributed by atoms with E-state index in [0.717, 1.165) is 0 Å². The molecule has 0 atom stereocenters. The van der Waals surface area contributed by atoms with E-state index in [-0.39, 0.29) is 10.6 Å². The fraction of sp³-hybridized carbons (Fsp3) is 0.0833. The Morgan fingerprint density at radius 3 is 2.47 bits per heavy atom. The van der Waals surface area contributed by atoms with E-state index in [1.54, 1.807) is 24.3 Å². The average Bonchev–Trinajstić information content (AvgIpc) is 2.73. The van der Waals surface area contributed by atoms with Gasteiger partial charge in [-0.15, -0.1) is 0 Å². The molecule has 1 aromatic carbocycles. The van der Waals surface area contributed by atoms with Crippen LogP contribution in [-0.4, -0.2) is 21.8 Å². The lowest BCUT2D eigenvalue weighted by molar-refractivity contribution is 0.0691. The SMILES string of the molecule is O=C(O)c1cc(SC(F)F)c(-c2ccc(Cl)cc2)[nH]1. The fourth-order valence-electron chi connectivity index (χ4n) is 1.57. The van der Waals surface area contributed by atoms with E-state index in [2.05, 4.69) is 4.98 Å². The van der Waals surface area contributed by atoms with E-state index in [4.69, 9.17) is 16.7 Å². The molecule has 7 heteroatoms. The third-order valence-corrected chi connectivity index (χ3v) is 3.37. The lowest BCUT2D eigenvalue weighted by Gasteiger charge is -2.03. The molecule has 0 bridgehead atoms. The molecule has 19 heavy (non-hydrogen) atoms. The molecule has 0 aliphatic rings. The normalized spacial score (nSPS) is 10.9. The lowest BCUT2D eigenvalue weighted by atomic mass is 10.2. The first-order chi connectivity index (χ1) is 8.97. The Hall–Kier alpha value is -1.53. The average molecular weight is 304 g/mol. The molecular weight excluding hydrogens is 296 g/mol. The van der Waals surface area contributed by atoms with Gasteiger partial charge in [-0.05, 0) is 23.8 Å². The molecule has 1 heterocycles. The Balaban J connectivity index is 2.47. The molecule has 0 aliphatic heterocycles. The van der Waals surface area contributed by atoms with Crippen LogP contribution in [0.15, 0.2) is 35.2 Å². The zero-order chi connectivity index (χ0) is 14.0. The van der Waals surface area contributed by atoms with Gasteiger partial charge in [0.15, 0.2) is 0 Å². The van der Waals surface area contributed by atoms with Gasteiger partial charge in [0.2, 0.25) is 0 Å². The van der Waals surface area contributed by atoms with Crippen LogP contribution in [0.5, 0.6) is 0 Å². The second-order valence-electron chi connectivity index (χ2n) is 3.61. The maximum atomic E-state index is 12.5. The molecule has 0 radical (unpaired) electrons. The quantitative estimate of drug-likeness (QED) is 0.826. The molecule has 100 valence electrons. The van der Waals surface area contributed by atoms with Gasteiger partial charge in [0.25, 0.3) is 5.76 Å². The van der Waals surface area contributed by atoms with Gasteiger partial charge in [0, 0.05) is 9.92 Å². The summed E-state index contributed by atoms with van der Waals surface area (Å²) < 4.78 is 24.9. The fourth-order valence-corrected chi connectivity index (χ4v) is 2.36. The first kappa shape index (κ1) is 13.9. The van der Waals surface area contributed by atoms with Crippen LogP contribution in [0.2, 0.25) is 5.02 Å². The summed E-state index contributed by atoms with van der Waals surface area (Å²) in [4.78, 5) is 13.7. The number of rotatable bonds is 4. The summed E-state index contributed by atoms with van der Waals surface area (Å²) in [5.74, 6) is -3.82. The number of carboxylic acids is 1. The van der Waals surface area contributed by atoms with Crippen molar-refractivity contribution in [3.05, 3.63) is 41.0 Å². The minimum atomic E-state index is -2.62. The maximum Gasteiger partial charge on any atom is 0.352 e. The van der Waals surface area contributed by atoms with Crippen LogP contribution in [0.3, 0.4) is 0 Å². The number of alkyl halides is 2. The Morgan fingerprint density at radius 2 is 1.95 bits per heavy atom. The summed E-state index contributed by atoms with van der Waals surface area (Å²) in [6, 6.07) is 7.68. The number of carbonyl (C=O) groups is 1. The second-order valence-corrected chi connectivity index (χ2v) is 5.08. The Bertz CT molecular complexity index is 598. The monoisotopic (exact) mass is 303 g/mol. The summed E-state index contributed by atoms with van der Waals surface area (Å²) in [7, 11) is 0. The van der Waals surface area contributed by atoms with E-state index in [1.165, 1.54) is 6.07 Å². The molecule has 3 nitrogen and oxygen atoms in total. The predicted octanol–water partition coefficient (Wildman–Crippen LogP) is 4.35. The van der Waals surface area contributed by atoms with Gasteiger partial charge >= 0.3 is 5.97 Å². The molecule has 0 aliphatic carbocycles. The Morgan fingerprint density at radius 1 is 1.32 bits per heavy atom. The standard InChI is InChI=1S/C12H8ClF2NO2S/c13-7-3-1-6(2-4-7)10-9(19-12(14)15)5-8(16-10)11(17)18/h1-5,12,16H,(H,17,18). The van der Waals surface area contributed by atoms with E-state index in [0.29, 0.717) is 28.0 Å². The summed E-state index contributed by atoms with van der Waals surface area (Å²) in [6.07, 6.45) is 0. The van der Waals surface area contributed by atoms with Crippen molar-refractivity contribution in [2.24, 2.45) is 0 Å². The third-order valence-electron chi connectivity index (χ3n) is 2.36. The molecule has 2 N–H and O–H groups in total. The summed E-state index contributed by atoms with van der Waals surface area (Å²) in [5.41, 5.74) is 0.813. The summed E-state index contributed by atoms with van der Waals surface area (Å²) >= 11 is 6.05. The number of halogens is 3. The highest BCUT2D eigenvalue weighted by molar-refractivity contribution is 7.99. The van der Waals surface area contributed by atoms with E-state index in [1.807, 2.05) is 0 Å². The number of H-pyrrole nitrogens is 1. The summed E-state index contributed by atoms with van der Waals surface area (Å²) in [6.45, 7) is 0. The van der Waals surface area contributed by atoms with Gasteiger partial charge in [-0.25, -0.2) is 4.79 Å². The number of aromatic carboxylic acids is 1. The molecular formula is C12H8ClF2NO2S.